The van der Waals surface area contributed by atoms with Crippen molar-refractivity contribution in [2.75, 3.05) is 25.1 Å². The number of ether oxygens (including phenoxy) is 2. The molecule has 2 aromatic carbocycles. The molecule has 10 heteroatoms. The van der Waals surface area contributed by atoms with E-state index in [0.29, 0.717) is 41.7 Å². The van der Waals surface area contributed by atoms with Crippen molar-refractivity contribution in [2.45, 2.75) is 33.2 Å². The van der Waals surface area contributed by atoms with E-state index in [1.807, 2.05) is 38.1 Å². The standard InChI is InChI=1S/C26H27N5O5/c1-15-5-8-19(9-6-15)31-17(3)23(16(2)29-31)27-22(32)14-30-24(33)26(4,28-25(30)34)18-7-10-20-21(13-18)36-12-11-35-20/h5-10,13H,11-12,14H2,1-4H3,(H,27,32)(H,28,34). The molecule has 2 aliphatic heterocycles. The topological polar surface area (TPSA) is 115 Å². The lowest BCUT2D eigenvalue weighted by Gasteiger charge is -2.25. The number of hydrogen-bond donors (Lipinski definition) is 2. The minimum absolute atomic E-state index is 0.402. The summed E-state index contributed by atoms with van der Waals surface area (Å²) in [5, 5.41) is 10.1. The molecule has 1 aromatic heterocycles. The van der Waals surface area contributed by atoms with E-state index in [9.17, 15) is 14.4 Å². The molecule has 0 saturated carbocycles. The number of urea groups is 1. The number of carbonyl (C=O) groups is 3. The van der Waals surface area contributed by atoms with Gasteiger partial charge < -0.3 is 20.1 Å². The van der Waals surface area contributed by atoms with Crippen LogP contribution in [0.25, 0.3) is 5.69 Å². The number of imide groups is 1. The Bertz CT molecular complexity index is 1380. The summed E-state index contributed by atoms with van der Waals surface area (Å²) in [6.07, 6.45) is 0. The summed E-state index contributed by atoms with van der Waals surface area (Å²) in [5.41, 5.74) is 3.11. The molecule has 0 bridgehead atoms. The zero-order chi connectivity index (χ0) is 25.6. The van der Waals surface area contributed by atoms with Gasteiger partial charge in [0.1, 0.15) is 25.3 Å². The van der Waals surface area contributed by atoms with Gasteiger partial charge in [-0.3, -0.25) is 14.5 Å². The summed E-state index contributed by atoms with van der Waals surface area (Å²) in [4.78, 5) is 39.9. The molecule has 10 nitrogen and oxygen atoms in total. The monoisotopic (exact) mass is 489 g/mol. The Balaban J connectivity index is 1.33. The van der Waals surface area contributed by atoms with E-state index in [1.54, 1.807) is 36.7 Å². The van der Waals surface area contributed by atoms with Gasteiger partial charge in [-0.2, -0.15) is 5.10 Å². The van der Waals surface area contributed by atoms with Crippen LogP contribution in [0.1, 0.15) is 29.4 Å². The first kappa shape index (κ1) is 23.4. The molecule has 5 rings (SSSR count). The van der Waals surface area contributed by atoms with Crippen LogP contribution in [-0.4, -0.2) is 52.3 Å². The number of rotatable bonds is 5. The maximum atomic E-state index is 13.3. The minimum Gasteiger partial charge on any atom is -0.486 e. The summed E-state index contributed by atoms with van der Waals surface area (Å²) in [7, 11) is 0. The highest BCUT2D eigenvalue weighted by molar-refractivity contribution is 6.10. The minimum atomic E-state index is -1.34. The first-order chi connectivity index (χ1) is 17.2. The second-order valence-corrected chi connectivity index (χ2v) is 9.15. The number of hydrogen-bond acceptors (Lipinski definition) is 6. The average Bonchev–Trinajstić information content (AvgIpc) is 3.26. The molecule has 4 amide bonds. The Morgan fingerprint density at radius 1 is 1.06 bits per heavy atom. The van der Waals surface area contributed by atoms with Crippen LogP contribution in [0.4, 0.5) is 10.5 Å². The molecule has 3 aromatic rings. The molecule has 0 radical (unpaired) electrons. The molecule has 36 heavy (non-hydrogen) atoms. The van der Waals surface area contributed by atoms with E-state index in [1.165, 1.54) is 0 Å². The van der Waals surface area contributed by atoms with Crippen molar-refractivity contribution in [2.24, 2.45) is 0 Å². The van der Waals surface area contributed by atoms with Crippen molar-refractivity contribution in [3.05, 3.63) is 65.0 Å². The SMILES string of the molecule is Cc1ccc(-n2nc(C)c(NC(=O)CN3C(=O)NC(C)(c4ccc5c(c4)OCCO5)C3=O)c2C)cc1. The number of nitrogens with zero attached hydrogens (tertiary/aromatic N) is 3. The van der Waals surface area contributed by atoms with E-state index in [0.717, 1.165) is 21.8 Å². The molecule has 1 unspecified atom stereocenters. The summed E-state index contributed by atoms with van der Waals surface area (Å²) < 4.78 is 12.9. The van der Waals surface area contributed by atoms with Crippen LogP contribution in [0.5, 0.6) is 11.5 Å². The predicted octanol–water partition coefficient (Wildman–Crippen LogP) is 2.97. The summed E-state index contributed by atoms with van der Waals surface area (Å²) in [6.45, 7) is 7.67. The van der Waals surface area contributed by atoms with Crippen molar-refractivity contribution in [3.63, 3.8) is 0 Å². The van der Waals surface area contributed by atoms with Gasteiger partial charge in [-0.1, -0.05) is 23.8 Å². The maximum Gasteiger partial charge on any atom is 0.325 e. The number of fused-ring (bicyclic) bond motifs is 1. The molecule has 3 heterocycles. The van der Waals surface area contributed by atoms with Crippen LogP contribution >= 0.6 is 0 Å². The largest absolute Gasteiger partial charge is 0.486 e. The molecular formula is C26H27N5O5. The third-order valence-corrected chi connectivity index (χ3v) is 6.53. The van der Waals surface area contributed by atoms with Gasteiger partial charge in [-0.15, -0.1) is 0 Å². The molecule has 2 aliphatic rings. The Morgan fingerprint density at radius 2 is 1.75 bits per heavy atom. The first-order valence-electron chi connectivity index (χ1n) is 11.6. The van der Waals surface area contributed by atoms with Crippen LogP contribution in [0, 0.1) is 20.8 Å². The van der Waals surface area contributed by atoms with Crippen molar-refractivity contribution < 1.29 is 23.9 Å². The van der Waals surface area contributed by atoms with Crippen LogP contribution in [-0.2, 0) is 15.1 Å². The van der Waals surface area contributed by atoms with Gasteiger partial charge in [0.15, 0.2) is 11.5 Å². The van der Waals surface area contributed by atoms with Gasteiger partial charge in [0.2, 0.25) is 5.91 Å². The average molecular weight is 490 g/mol. The van der Waals surface area contributed by atoms with Gasteiger partial charge in [0.05, 0.1) is 22.8 Å². The van der Waals surface area contributed by atoms with Gasteiger partial charge in [0.25, 0.3) is 5.91 Å². The Morgan fingerprint density at radius 3 is 2.47 bits per heavy atom. The Kier molecular flexibility index (Phi) is 5.66. The lowest BCUT2D eigenvalue weighted by molar-refractivity contribution is -0.133. The van der Waals surface area contributed by atoms with Crippen LogP contribution < -0.4 is 20.1 Å². The van der Waals surface area contributed by atoms with Gasteiger partial charge in [-0.05, 0) is 57.5 Å². The molecule has 1 saturated heterocycles. The highest BCUT2D eigenvalue weighted by atomic mass is 16.6. The van der Waals surface area contributed by atoms with Crippen molar-refractivity contribution in [1.29, 1.82) is 0 Å². The molecule has 1 fully saturated rings. The maximum absolute atomic E-state index is 13.3. The third kappa shape index (κ3) is 3.94. The second-order valence-electron chi connectivity index (χ2n) is 9.15. The molecule has 0 spiro atoms. The summed E-state index contributed by atoms with van der Waals surface area (Å²) >= 11 is 0. The number of amides is 4. The van der Waals surface area contributed by atoms with E-state index in [4.69, 9.17) is 9.47 Å². The normalized spacial score (nSPS) is 18.8. The zero-order valence-electron chi connectivity index (χ0n) is 20.5. The Hall–Kier alpha value is -4.34. The van der Waals surface area contributed by atoms with Crippen molar-refractivity contribution >= 4 is 23.5 Å². The van der Waals surface area contributed by atoms with Crippen molar-refractivity contribution in [3.8, 4) is 17.2 Å². The fourth-order valence-electron chi connectivity index (χ4n) is 4.47. The van der Waals surface area contributed by atoms with Crippen LogP contribution in [0.2, 0.25) is 0 Å². The lowest BCUT2D eigenvalue weighted by atomic mass is 9.91. The number of benzene rings is 2. The molecule has 1 atom stereocenters. The van der Waals surface area contributed by atoms with Gasteiger partial charge in [0, 0.05) is 0 Å². The van der Waals surface area contributed by atoms with E-state index >= 15 is 0 Å². The predicted molar refractivity (Wildman–Crippen MR) is 131 cm³/mol. The van der Waals surface area contributed by atoms with Crippen LogP contribution in [0.3, 0.4) is 0 Å². The third-order valence-electron chi connectivity index (χ3n) is 6.53. The second kappa shape index (κ2) is 8.71. The van der Waals surface area contributed by atoms with E-state index < -0.39 is 29.9 Å². The number of aryl methyl sites for hydroxylation is 2. The highest BCUT2D eigenvalue weighted by Gasteiger charge is 2.50. The number of nitrogens with one attached hydrogen (secondary N) is 2. The van der Waals surface area contributed by atoms with Gasteiger partial charge >= 0.3 is 6.03 Å². The fourth-order valence-corrected chi connectivity index (χ4v) is 4.47. The number of aromatic nitrogens is 2. The zero-order valence-corrected chi connectivity index (χ0v) is 20.5. The number of anilines is 1. The lowest BCUT2D eigenvalue weighted by Crippen LogP contribution is -2.42. The molecule has 0 aliphatic carbocycles. The van der Waals surface area contributed by atoms with E-state index in [-0.39, 0.29) is 0 Å². The fraction of sp³-hybridized carbons (Fsp3) is 0.308. The quantitative estimate of drug-likeness (QED) is 0.533. The highest BCUT2D eigenvalue weighted by Crippen LogP contribution is 2.37. The summed E-state index contributed by atoms with van der Waals surface area (Å²) in [6, 6.07) is 12.3. The van der Waals surface area contributed by atoms with Gasteiger partial charge in [-0.25, -0.2) is 9.48 Å². The smallest absolute Gasteiger partial charge is 0.325 e. The van der Waals surface area contributed by atoms with E-state index in [2.05, 4.69) is 15.7 Å². The number of carbonyl (C=O) groups excluding carboxylic acids is 3. The molecular weight excluding hydrogens is 462 g/mol. The Labute approximate surface area is 208 Å². The van der Waals surface area contributed by atoms with Crippen molar-refractivity contribution in [1.82, 2.24) is 20.0 Å². The first-order valence-corrected chi connectivity index (χ1v) is 11.6. The van der Waals surface area contributed by atoms with Crippen LogP contribution in [0.15, 0.2) is 42.5 Å². The molecule has 186 valence electrons. The molecule has 2 N–H and O–H groups in total. The summed E-state index contributed by atoms with van der Waals surface area (Å²) in [5.74, 6) is 0.0657.